The second kappa shape index (κ2) is 4.70. The molecule has 0 amide bonds. The number of halogens is 1. The van der Waals surface area contributed by atoms with Crippen molar-refractivity contribution in [1.29, 1.82) is 0 Å². The number of hydrogen-bond donors (Lipinski definition) is 2. The molecule has 2 N–H and O–H groups in total. The monoisotopic (exact) mass is 336 g/mol. The lowest BCUT2D eigenvalue weighted by atomic mass is 10.1. The second-order valence-corrected chi connectivity index (χ2v) is 5.25. The van der Waals surface area contributed by atoms with Crippen LogP contribution in [0.5, 0.6) is 0 Å². The van der Waals surface area contributed by atoms with Crippen LogP contribution in [0.3, 0.4) is 0 Å². The first kappa shape index (κ1) is 11.8. The molecule has 0 aliphatic heterocycles. The summed E-state index contributed by atoms with van der Waals surface area (Å²) in [7, 11) is 0. The van der Waals surface area contributed by atoms with Crippen LogP contribution < -0.4 is 11.2 Å². The van der Waals surface area contributed by atoms with Crippen molar-refractivity contribution < 1.29 is 5.11 Å². The van der Waals surface area contributed by atoms with Crippen molar-refractivity contribution in [3.05, 3.63) is 30.6 Å². The quantitative estimate of drug-likeness (QED) is 0.772. The average molecular weight is 336 g/mol. The van der Waals surface area contributed by atoms with Gasteiger partial charge >= 0.3 is 5.69 Å². The number of nitrogens with zero attached hydrogens (tertiary/aromatic N) is 1. The lowest BCUT2D eigenvalue weighted by molar-refractivity contribution is 0.193. The van der Waals surface area contributed by atoms with Gasteiger partial charge in [0.15, 0.2) is 0 Å². The Morgan fingerprint density at radius 3 is 2.94 bits per heavy atom. The molecular weight excluding hydrogens is 323 g/mol. The third-order valence-corrected chi connectivity index (χ3v) is 3.90. The number of aromatic amines is 1. The van der Waals surface area contributed by atoms with E-state index in [0.717, 1.165) is 19.3 Å². The molecule has 0 aromatic carbocycles. The topological polar surface area (TPSA) is 75.1 Å². The summed E-state index contributed by atoms with van der Waals surface area (Å²) in [5.41, 5.74) is -0.726. The zero-order valence-corrected chi connectivity index (χ0v) is 10.8. The predicted octanol–water partition coefficient (Wildman–Crippen LogP) is 0.475. The minimum atomic E-state index is -0.379. The van der Waals surface area contributed by atoms with Crippen molar-refractivity contribution in [2.75, 3.05) is 6.61 Å². The third kappa shape index (κ3) is 2.08. The third-order valence-electron chi connectivity index (χ3n) is 3.14. The zero-order valence-electron chi connectivity index (χ0n) is 8.65. The summed E-state index contributed by atoms with van der Waals surface area (Å²) in [6.07, 6.45) is 4.41. The highest BCUT2D eigenvalue weighted by Crippen LogP contribution is 2.34. The highest BCUT2D eigenvalue weighted by atomic mass is 127. The zero-order chi connectivity index (χ0) is 11.7. The summed E-state index contributed by atoms with van der Waals surface area (Å²) in [6.45, 7) is 0.0901. The molecule has 5 nitrogen and oxygen atoms in total. The summed E-state index contributed by atoms with van der Waals surface area (Å²) in [6, 6.07) is 0.0165. The van der Waals surface area contributed by atoms with Gasteiger partial charge in [-0.3, -0.25) is 14.3 Å². The highest BCUT2D eigenvalue weighted by Gasteiger charge is 2.28. The van der Waals surface area contributed by atoms with E-state index in [0.29, 0.717) is 3.57 Å². The number of H-pyrrole nitrogens is 1. The maximum absolute atomic E-state index is 11.7. The Morgan fingerprint density at radius 2 is 2.25 bits per heavy atom. The van der Waals surface area contributed by atoms with Crippen LogP contribution >= 0.6 is 22.6 Å². The van der Waals surface area contributed by atoms with Crippen molar-refractivity contribution >= 4 is 22.6 Å². The van der Waals surface area contributed by atoms with Gasteiger partial charge in [0.05, 0.1) is 3.57 Å². The van der Waals surface area contributed by atoms with Gasteiger partial charge in [-0.25, -0.2) is 4.79 Å². The molecule has 1 fully saturated rings. The van der Waals surface area contributed by atoms with Crippen LogP contribution in [-0.4, -0.2) is 21.3 Å². The van der Waals surface area contributed by atoms with E-state index in [4.69, 9.17) is 0 Å². The Labute approximate surface area is 106 Å². The van der Waals surface area contributed by atoms with Crippen molar-refractivity contribution in [1.82, 2.24) is 9.55 Å². The van der Waals surface area contributed by atoms with E-state index in [1.165, 1.54) is 0 Å². The van der Waals surface area contributed by atoms with Gasteiger partial charge < -0.3 is 5.11 Å². The van der Waals surface area contributed by atoms with Crippen molar-refractivity contribution in [3.8, 4) is 0 Å². The smallest absolute Gasteiger partial charge is 0.328 e. The van der Waals surface area contributed by atoms with Gasteiger partial charge in [0.1, 0.15) is 0 Å². The second-order valence-electron chi connectivity index (χ2n) is 4.08. The van der Waals surface area contributed by atoms with Gasteiger partial charge in [-0.2, -0.15) is 0 Å². The standard InChI is InChI=1S/C10H13IN2O3/c11-7-4-13(10(16)12-9(7)15)8-3-1-2-6(8)5-14/h4,6,8,14H,1-3,5H2,(H,12,15,16)/t6-,8-/m0/s1. The maximum Gasteiger partial charge on any atom is 0.328 e. The Balaban J connectivity index is 2.44. The van der Waals surface area contributed by atoms with E-state index in [9.17, 15) is 14.7 Å². The number of aliphatic hydroxyl groups excluding tert-OH is 1. The van der Waals surface area contributed by atoms with Crippen LogP contribution in [0.2, 0.25) is 0 Å². The highest BCUT2D eigenvalue weighted by molar-refractivity contribution is 14.1. The van der Waals surface area contributed by atoms with E-state index in [1.54, 1.807) is 10.8 Å². The molecular formula is C10H13IN2O3. The molecule has 0 unspecified atom stereocenters. The summed E-state index contributed by atoms with van der Waals surface area (Å²) in [5, 5.41) is 9.22. The largest absolute Gasteiger partial charge is 0.396 e. The Hall–Kier alpha value is -0.630. The average Bonchev–Trinajstić information content (AvgIpc) is 2.71. The van der Waals surface area contributed by atoms with Gasteiger partial charge in [0.2, 0.25) is 0 Å². The predicted molar refractivity (Wildman–Crippen MR) is 67.5 cm³/mol. The lowest BCUT2D eigenvalue weighted by Crippen LogP contribution is -2.35. The number of aliphatic hydroxyl groups is 1. The number of aromatic nitrogens is 2. The molecule has 0 radical (unpaired) electrons. The Bertz CT molecular complexity index is 494. The molecule has 1 aliphatic rings. The molecule has 16 heavy (non-hydrogen) atoms. The molecule has 2 atom stereocenters. The molecule has 6 heteroatoms. The van der Waals surface area contributed by atoms with Crippen LogP contribution in [-0.2, 0) is 0 Å². The van der Waals surface area contributed by atoms with Crippen molar-refractivity contribution in [2.24, 2.45) is 5.92 Å². The summed E-state index contributed by atoms with van der Waals surface area (Å²) in [5.74, 6) is 0.124. The van der Waals surface area contributed by atoms with Gasteiger partial charge in [0.25, 0.3) is 5.56 Å². The minimum Gasteiger partial charge on any atom is -0.396 e. The normalized spacial score (nSPS) is 24.9. The van der Waals surface area contributed by atoms with E-state index in [2.05, 4.69) is 4.98 Å². The fraction of sp³-hybridized carbons (Fsp3) is 0.600. The van der Waals surface area contributed by atoms with E-state index >= 15 is 0 Å². The SMILES string of the molecule is O=c1[nH]c(=O)n([C@H]2CCC[C@H]2CO)cc1I. The fourth-order valence-corrected chi connectivity index (χ4v) is 2.74. The molecule has 2 rings (SSSR count). The van der Waals surface area contributed by atoms with Gasteiger partial charge in [0, 0.05) is 24.8 Å². The van der Waals surface area contributed by atoms with Crippen molar-refractivity contribution in [2.45, 2.75) is 25.3 Å². The Morgan fingerprint density at radius 1 is 1.50 bits per heavy atom. The summed E-state index contributed by atoms with van der Waals surface area (Å²) >= 11 is 1.91. The molecule has 1 aliphatic carbocycles. The first-order chi connectivity index (χ1) is 7.63. The van der Waals surface area contributed by atoms with E-state index in [-0.39, 0.29) is 29.8 Å². The fourth-order valence-electron chi connectivity index (χ4n) is 2.30. The molecule has 0 bridgehead atoms. The van der Waals surface area contributed by atoms with Gasteiger partial charge in [-0.15, -0.1) is 0 Å². The van der Waals surface area contributed by atoms with Crippen LogP contribution in [0.25, 0.3) is 0 Å². The molecule has 1 heterocycles. The molecule has 1 aromatic heterocycles. The molecule has 0 spiro atoms. The number of rotatable bonds is 2. The first-order valence-corrected chi connectivity index (χ1v) is 6.33. The summed E-state index contributed by atoms with van der Waals surface area (Å²) < 4.78 is 2.05. The lowest BCUT2D eigenvalue weighted by Gasteiger charge is -2.19. The van der Waals surface area contributed by atoms with Crippen LogP contribution in [0, 0.1) is 9.49 Å². The molecule has 0 saturated heterocycles. The van der Waals surface area contributed by atoms with Crippen LogP contribution in [0.1, 0.15) is 25.3 Å². The molecule has 88 valence electrons. The molecule has 1 aromatic rings. The van der Waals surface area contributed by atoms with E-state index < -0.39 is 0 Å². The number of nitrogens with one attached hydrogen (secondary N) is 1. The first-order valence-electron chi connectivity index (χ1n) is 5.25. The summed E-state index contributed by atoms with van der Waals surface area (Å²) in [4.78, 5) is 25.2. The maximum atomic E-state index is 11.7. The van der Waals surface area contributed by atoms with Crippen LogP contribution in [0.15, 0.2) is 15.8 Å². The van der Waals surface area contributed by atoms with Gasteiger partial charge in [-0.1, -0.05) is 6.42 Å². The number of hydrogen-bond acceptors (Lipinski definition) is 3. The van der Waals surface area contributed by atoms with Crippen molar-refractivity contribution in [3.63, 3.8) is 0 Å². The van der Waals surface area contributed by atoms with Crippen LogP contribution in [0.4, 0.5) is 0 Å². The van der Waals surface area contributed by atoms with Gasteiger partial charge in [-0.05, 0) is 35.4 Å². The minimum absolute atomic E-state index is 0.0165. The Kier molecular flexibility index (Phi) is 3.48. The molecule has 1 saturated carbocycles. The van der Waals surface area contributed by atoms with E-state index in [1.807, 2.05) is 22.6 Å².